The molecule has 22 heavy (non-hydrogen) atoms. The van der Waals surface area contributed by atoms with Gasteiger partial charge >= 0.3 is 5.97 Å². The van der Waals surface area contributed by atoms with E-state index in [1.54, 1.807) is 7.11 Å². The van der Waals surface area contributed by atoms with Gasteiger partial charge in [0.05, 0.1) is 25.3 Å². The second-order valence-electron chi connectivity index (χ2n) is 4.82. The molecule has 0 saturated carbocycles. The van der Waals surface area contributed by atoms with E-state index in [0.717, 1.165) is 22.3 Å². The highest BCUT2D eigenvalue weighted by atomic mass is 16.5. The van der Waals surface area contributed by atoms with Gasteiger partial charge in [0, 0.05) is 5.56 Å². The summed E-state index contributed by atoms with van der Waals surface area (Å²) >= 11 is 0. The second kappa shape index (κ2) is 5.89. The zero-order valence-electron chi connectivity index (χ0n) is 12.4. The van der Waals surface area contributed by atoms with Crippen molar-refractivity contribution < 1.29 is 14.3 Å². The minimum atomic E-state index is -0.313. The van der Waals surface area contributed by atoms with Gasteiger partial charge in [0.2, 0.25) is 0 Å². The summed E-state index contributed by atoms with van der Waals surface area (Å²) < 4.78 is 11.9. The van der Waals surface area contributed by atoms with E-state index in [1.807, 2.05) is 53.1 Å². The van der Waals surface area contributed by atoms with Crippen LogP contribution in [0.4, 0.5) is 0 Å². The van der Waals surface area contributed by atoms with Gasteiger partial charge in [-0.25, -0.2) is 4.98 Å². The van der Waals surface area contributed by atoms with Gasteiger partial charge in [-0.15, -0.1) is 0 Å². The zero-order valence-corrected chi connectivity index (χ0v) is 12.4. The third kappa shape index (κ3) is 2.53. The van der Waals surface area contributed by atoms with Crippen LogP contribution in [0.1, 0.15) is 0 Å². The Morgan fingerprint density at radius 3 is 2.73 bits per heavy atom. The topological polar surface area (TPSA) is 53.4 Å². The van der Waals surface area contributed by atoms with Crippen LogP contribution in [0.25, 0.3) is 22.4 Å². The lowest BCUT2D eigenvalue weighted by Crippen LogP contribution is -2.12. The van der Waals surface area contributed by atoms with Crippen molar-refractivity contribution in [1.82, 2.24) is 9.55 Å². The number of benzene rings is 2. The van der Waals surface area contributed by atoms with Crippen LogP contribution >= 0.6 is 0 Å². The predicted octanol–water partition coefficient (Wildman–Crippen LogP) is 2.88. The lowest BCUT2D eigenvalue weighted by Gasteiger charge is -2.09. The fourth-order valence-electron chi connectivity index (χ4n) is 2.41. The number of methoxy groups -OCH3 is 2. The van der Waals surface area contributed by atoms with Gasteiger partial charge in [0.15, 0.2) is 0 Å². The number of hydrogen-bond acceptors (Lipinski definition) is 4. The van der Waals surface area contributed by atoms with Crippen LogP contribution in [0.15, 0.2) is 48.5 Å². The number of fused-ring (bicyclic) bond motifs is 1. The number of nitrogens with zero attached hydrogens (tertiary/aromatic N) is 2. The Morgan fingerprint density at radius 1 is 1.14 bits per heavy atom. The number of para-hydroxylation sites is 2. The van der Waals surface area contributed by atoms with E-state index in [9.17, 15) is 4.79 Å². The number of esters is 1. The summed E-state index contributed by atoms with van der Waals surface area (Å²) in [4.78, 5) is 16.4. The highest BCUT2D eigenvalue weighted by Crippen LogP contribution is 2.27. The molecule has 0 aliphatic rings. The van der Waals surface area contributed by atoms with Crippen molar-refractivity contribution >= 4 is 17.0 Å². The van der Waals surface area contributed by atoms with Crippen molar-refractivity contribution in [2.24, 2.45) is 0 Å². The van der Waals surface area contributed by atoms with E-state index in [4.69, 9.17) is 9.47 Å². The smallest absolute Gasteiger partial charge is 0.325 e. The molecule has 0 aliphatic heterocycles. The van der Waals surface area contributed by atoms with E-state index >= 15 is 0 Å². The highest BCUT2D eigenvalue weighted by molar-refractivity contribution is 5.83. The van der Waals surface area contributed by atoms with E-state index in [2.05, 4.69) is 4.98 Å². The monoisotopic (exact) mass is 296 g/mol. The summed E-state index contributed by atoms with van der Waals surface area (Å²) in [5.41, 5.74) is 2.62. The van der Waals surface area contributed by atoms with Crippen LogP contribution < -0.4 is 4.74 Å². The fourth-order valence-corrected chi connectivity index (χ4v) is 2.41. The molecule has 112 valence electrons. The minimum absolute atomic E-state index is 0.115. The van der Waals surface area contributed by atoms with Crippen LogP contribution in [0, 0.1) is 0 Å². The van der Waals surface area contributed by atoms with Crippen LogP contribution in [-0.2, 0) is 16.1 Å². The van der Waals surface area contributed by atoms with Crippen LogP contribution in [0.2, 0.25) is 0 Å². The van der Waals surface area contributed by atoms with Crippen molar-refractivity contribution in [3.05, 3.63) is 48.5 Å². The van der Waals surface area contributed by atoms with Crippen molar-refractivity contribution in [3.63, 3.8) is 0 Å². The molecule has 5 heteroatoms. The Morgan fingerprint density at radius 2 is 1.95 bits per heavy atom. The van der Waals surface area contributed by atoms with Gasteiger partial charge in [0.25, 0.3) is 0 Å². The van der Waals surface area contributed by atoms with E-state index in [1.165, 1.54) is 7.11 Å². The van der Waals surface area contributed by atoms with Gasteiger partial charge in [-0.05, 0) is 24.3 Å². The normalized spacial score (nSPS) is 10.6. The van der Waals surface area contributed by atoms with E-state index in [-0.39, 0.29) is 12.5 Å². The van der Waals surface area contributed by atoms with E-state index in [0.29, 0.717) is 5.82 Å². The van der Waals surface area contributed by atoms with E-state index < -0.39 is 0 Å². The van der Waals surface area contributed by atoms with Crippen LogP contribution in [0.3, 0.4) is 0 Å². The van der Waals surface area contributed by atoms with Crippen molar-refractivity contribution in [2.45, 2.75) is 6.54 Å². The molecular formula is C17H16N2O3. The standard InChI is InChI=1S/C17H16N2O3/c1-21-13-7-5-6-12(10-13)17-18-14-8-3-4-9-15(14)19(17)11-16(20)22-2/h3-10H,11H2,1-2H3. The summed E-state index contributed by atoms with van der Waals surface area (Å²) in [7, 11) is 3.00. The third-order valence-corrected chi connectivity index (χ3v) is 3.50. The van der Waals surface area contributed by atoms with Crippen molar-refractivity contribution in [1.29, 1.82) is 0 Å². The largest absolute Gasteiger partial charge is 0.497 e. The SMILES string of the molecule is COC(=O)Cn1c(-c2cccc(OC)c2)nc2ccccc21. The van der Waals surface area contributed by atoms with Gasteiger partial charge in [-0.2, -0.15) is 0 Å². The molecule has 1 aromatic heterocycles. The third-order valence-electron chi connectivity index (χ3n) is 3.50. The molecule has 0 unspecified atom stereocenters. The number of carbonyl (C=O) groups is 1. The summed E-state index contributed by atoms with van der Waals surface area (Å²) in [5.74, 6) is 1.15. The molecule has 0 saturated heterocycles. The first-order chi connectivity index (χ1) is 10.7. The quantitative estimate of drug-likeness (QED) is 0.695. The first-order valence-electron chi connectivity index (χ1n) is 6.89. The lowest BCUT2D eigenvalue weighted by atomic mass is 10.2. The lowest BCUT2D eigenvalue weighted by molar-refractivity contribution is -0.141. The van der Waals surface area contributed by atoms with Gasteiger partial charge in [-0.3, -0.25) is 4.79 Å². The Kier molecular flexibility index (Phi) is 3.78. The number of ether oxygens (including phenoxy) is 2. The zero-order chi connectivity index (χ0) is 15.5. The Balaban J connectivity index is 2.18. The summed E-state index contributed by atoms with van der Waals surface area (Å²) in [6, 6.07) is 15.3. The average molecular weight is 296 g/mol. The maximum atomic E-state index is 11.7. The molecule has 0 radical (unpaired) electrons. The van der Waals surface area contributed by atoms with Crippen molar-refractivity contribution in [3.8, 4) is 17.1 Å². The molecule has 0 bridgehead atoms. The van der Waals surface area contributed by atoms with Crippen molar-refractivity contribution in [2.75, 3.05) is 14.2 Å². The second-order valence-corrected chi connectivity index (χ2v) is 4.82. The molecule has 5 nitrogen and oxygen atoms in total. The first-order valence-corrected chi connectivity index (χ1v) is 6.89. The molecule has 3 aromatic rings. The maximum absolute atomic E-state index is 11.7. The molecule has 1 heterocycles. The summed E-state index contributed by atoms with van der Waals surface area (Å²) in [6.45, 7) is 0.115. The number of imidazole rings is 1. The predicted molar refractivity (Wildman–Crippen MR) is 83.7 cm³/mol. The van der Waals surface area contributed by atoms with Crippen LogP contribution in [-0.4, -0.2) is 29.7 Å². The molecule has 2 aromatic carbocycles. The number of hydrogen-bond donors (Lipinski definition) is 0. The molecule has 0 atom stereocenters. The Hall–Kier alpha value is -2.82. The number of aromatic nitrogens is 2. The summed E-state index contributed by atoms with van der Waals surface area (Å²) in [6.07, 6.45) is 0. The number of rotatable bonds is 4. The van der Waals surface area contributed by atoms with Gasteiger partial charge in [-0.1, -0.05) is 24.3 Å². The van der Waals surface area contributed by atoms with Crippen LogP contribution in [0.5, 0.6) is 5.75 Å². The van der Waals surface area contributed by atoms with Gasteiger partial charge in [0.1, 0.15) is 18.1 Å². The molecule has 0 aliphatic carbocycles. The Bertz CT molecular complexity index is 824. The molecule has 0 spiro atoms. The molecule has 3 rings (SSSR count). The molecular weight excluding hydrogens is 280 g/mol. The minimum Gasteiger partial charge on any atom is -0.497 e. The molecule has 0 N–H and O–H groups in total. The number of carbonyl (C=O) groups excluding carboxylic acids is 1. The average Bonchev–Trinajstić information content (AvgIpc) is 2.93. The first kappa shape index (κ1) is 14.1. The molecule has 0 amide bonds. The Labute approximate surface area is 128 Å². The summed E-state index contributed by atoms with van der Waals surface area (Å²) in [5, 5.41) is 0. The molecule has 0 fully saturated rings. The highest BCUT2D eigenvalue weighted by Gasteiger charge is 2.15. The maximum Gasteiger partial charge on any atom is 0.325 e. The van der Waals surface area contributed by atoms with Gasteiger partial charge < -0.3 is 14.0 Å². The fraction of sp³-hybridized carbons (Fsp3) is 0.176.